The number of halogens is 1. The van der Waals surface area contributed by atoms with Gasteiger partial charge in [-0.1, -0.05) is 63.3 Å². The van der Waals surface area contributed by atoms with E-state index in [1.54, 1.807) is 17.8 Å². The number of aryl methyl sites for hydroxylation is 1. The van der Waals surface area contributed by atoms with E-state index in [9.17, 15) is 9.90 Å². The van der Waals surface area contributed by atoms with Crippen LogP contribution in [0.3, 0.4) is 0 Å². The maximum atomic E-state index is 15.2. The van der Waals surface area contributed by atoms with Gasteiger partial charge in [-0.15, -0.1) is 11.8 Å². The van der Waals surface area contributed by atoms with Gasteiger partial charge in [0.15, 0.2) is 0 Å². The molecule has 3 nitrogen and oxygen atoms in total. The van der Waals surface area contributed by atoms with E-state index in [2.05, 4.69) is 19.2 Å². The number of carboxylic acid groups (broad SMARTS) is 1. The van der Waals surface area contributed by atoms with E-state index < -0.39 is 11.8 Å². The summed E-state index contributed by atoms with van der Waals surface area (Å²) in [6.07, 6.45) is 7.65. The topological polar surface area (TPSA) is 49.3 Å². The number of aromatic carboxylic acids is 1. The molecule has 1 aliphatic carbocycles. The molecule has 2 unspecified atom stereocenters. The highest BCUT2D eigenvalue weighted by Crippen LogP contribution is 2.36. The van der Waals surface area contributed by atoms with Crippen molar-refractivity contribution < 1.29 is 14.3 Å². The van der Waals surface area contributed by atoms with Gasteiger partial charge in [-0.3, -0.25) is 5.32 Å². The van der Waals surface area contributed by atoms with Gasteiger partial charge in [0.2, 0.25) is 0 Å². The van der Waals surface area contributed by atoms with Crippen molar-refractivity contribution in [3.63, 3.8) is 0 Å². The van der Waals surface area contributed by atoms with Crippen molar-refractivity contribution in [2.45, 2.75) is 70.7 Å². The number of nitrogens with one attached hydrogen (secondary N) is 1. The van der Waals surface area contributed by atoms with Crippen molar-refractivity contribution in [3.8, 4) is 11.1 Å². The minimum absolute atomic E-state index is 0.00560. The Hall–Kier alpha value is -1.85. The van der Waals surface area contributed by atoms with E-state index in [0.717, 1.165) is 29.2 Å². The zero-order valence-corrected chi connectivity index (χ0v) is 19.6. The molecule has 0 aromatic heterocycles. The number of thioether (sulfide) groups is 1. The number of benzene rings is 2. The van der Waals surface area contributed by atoms with Gasteiger partial charge in [0.1, 0.15) is 5.82 Å². The van der Waals surface area contributed by atoms with Crippen LogP contribution in [0.15, 0.2) is 36.4 Å². The number of hydrogen-bond donors (Lipinski definition) is 2. The Morgan fingerprint density at radius 2 is 1.90 bits per heavy atom. The molecule has 1 aliphatic rings. The van der Waals surface area contributed by atoms with Crippen LogP contribution in [-0.2, 0) is 0 Å². The summed E-state index contributed by atoms with van der Waals surface area (Å²) >= 11 is 1.66. The average Bonchev–Trinajstić information content (AvgIpc) is 2.74. The highest BCUT2D eigenvalue weighted by Gasteiger charge is 2.24. The van der Waals surface area contributed by atoms with Crippen molar-refractivity contribution in [1.29, 1.82) is 0 Å². The van der Waals surface area contributed by atoms with Crippen molar-refractivity contribution in [2.75, 3.05) is 5.75 Å². The summed E-state index contributed by atoms with van der Waals surface area (Å²) in [5, 5.41) is 13.1. The summed E-state index contributed by atoms with van der Waals surface area (Å²) in [6.45, 7) is 6.20. The second kappa shape index (κ2) is 11.1. The first kappa shape index (κ1) is 23.8. The molecule has 0 spiro atoms. The fourth-order valence-electron chi connectivity index (χ4n) is 4.71. The second-order valence-electron chi connectivity index (χ2n) is 8.68. The Balaban J connectivity index is 1.92. The quantitative estimate of drug-likeness (QED) is 0.402. The van der Waals surface area contributed by atoms with Crippen LogP contribution >= 0.6 is 11.8 Å². The van der Waals surface area contributed by atoms with E-state index in [0.29, 0.717) is 11.1 Å². The summed E-state index contributed by atoms with van der Waals surface area (Å²) in [4.78, 5) is 11.9. The molecule has 2 N–H and O–H groups in total. The largest absolute Gasteiger partial charge is 0.478 e. The molecule has 0 amide bonds. The highest BCUT2D eigenvalue weighted by atomic mass is 32.2. The zero-order valence-electron chi connectivity index (χ0n) is 18.8. The van der Waals surface area contributed by atoms with Crippen molar-refractivity contribution in [3.05, 3.63) is 58.9 Å². The van der Waals surface area contributed by atoms with Gasteiger partial charge in [0, 0.05) is 11.6 Å². The number of carbonyl (C=O) groups is 1. The van der Waals surface area contributed by atoms with Crippen LogP contribution in [-0.4, -0.2) is 22.9 Å². The first-order chi connectivity index (χ1) is 14.9. The molecular formula is C26H34FNO2S. The number of carboxylic acids is 1. The van der Waals surface area contributed by atoms with Crippen molar-refractivity contribution in [1.82, 2.24) is 5.32 Å². The van der Waals surface area contributed by atoms with E-state index in [-0.39, 0.29) is 17.0 Å². The van der Waals surface area contributed by atoms with Gasteiger partial charge in [-0.25, -0.2) is 9.18 Å². The third-order valence-corrected chi connectivity index (χ3v) is 7.32. The third-order valence-electron chi connectivity index (χ3n) is 6.27. The Kier molecular flexibility index (Phi) is 8.56. The Morgan fingerprint density at radius 3 is 2.55 bits per heavy atom. The Labute approximate surface area is 189 Å². The maximum absolute atomic E-state index is 15.2. The summed E-state index contributed by atoms with van der Waals surface area (Å²) in [5.41, 5.74) is 2.92. The van der Waals surface area contributed by atoms with Crippen LogP contribution in [0.4, 0.5) is 4.39 Å². The molecule has 0 saturated heterocycles. The minimum Gasteiger partial charge on any atom is -0.478 e. The van der Waals surface area contributed by atoms with Gasteiger partial charge in [0.05, 0.1) is 10.9 Å². The summed E-state index contributed by atoms with van der Waals surface area (Å²) in [6, 6.07) is 10.9. The molecule has 31 heavy (non-hydrogen) atoms. The predicted octanol–water partition coefficient (Wildman–Crippen LogP) is 7.20. The standard InChI is InChI=1S/C26H34FNO2S/c1-4-31-25(28-18(3)14-19-11-6-5-7-12-19)23-15-21(20-13-9-8-10-17(20)2)22(26(29)30)16-24(23)27/h8-10,13,15-16,18-19,25,28H,4-7,11-12,14H2,1-3H3,(H,29,30). The molecule has 5 heteroatoms. The van der Waals surface area contributed by atoms with Crippen LogP contribution in [0.5, 0.6) is 0 Å². The molecule has 2 aromatic rings. The molecule has 2 aromatic carbocycles. The van der Waals surface area contributed by atoms with E-state index in [1.807, 2.05) is 31.2 Å². The van der Waals surface area contributed by atoms with Gasteiger partial charge in [0.25, 0.3) is 0 Å². The lowest BCUT2D eigenvalue weighted by Crippen LogP contribution is -2.32. The fraction of sp³-hybridized carbons (Fsp3) is 0.500. The molecule has 1 saturated carbocycles. The molecule has 0 aliphatic heterocycles. The fourth-order valence-corrected chi connectivity index (χ4v) is 5.73. The van der Waals surface area contributed by atoms with E-state index in [1.165, 1.54) is 38.2 Å². The van der Waals surface area contributed by atoms with Gasteiger partial charge < -0.3 is 5.11 Å². The van der Waals surface area contributed by atoms with E-state index >= 15 is 4.39 Å². The Morgan fingerprint density at radius 1 is 1.19 bits per heavy atom. The summed E-state index contributed by atoms with van der Waals surface area (Å²) in [5.74, 6) is 0.0125. The number of hydrogen-bond acceptors (Lipinski definition) is 3. The zero-order chi connectivity index (χ0) is 22.4. The normalized spacial score (nSPS) is 16.8. The van der Waals surface area contributed by atoms with Crippen molar-refractivity contribution in [2.24, 2.45) is 5.92 Å². The smallest absolute Gasteiger partial charge is 0.336 e. The minimum atomic E-state index is -1.11. The van der Waals surface area contributed by atoms with Crippen molar-refractivity contribution >= 4 is 17.7 Å². The van der Waals surface area contributed by atoms with E-state index in [4.69, 9.17) is 0 Å². The Bertz CT molecular complexity index is 895. The third kappa shape index (κ3) is 6.11. The van der Waals surface area contributed by atoms with Crippen LogP contribution in [0.1, 0.15) is 79.2 Å². The van der Waals surface area contributed by atoms with Gasteiger partial charge in [-0.2, -0.15) is 0 Å². The monoisotopic (exact) mass is 443 g/mol. The molecule has 2 atom stereocenters. The molecule has 0 radical (unpaired) electrons. The lowest BCUT2D eigenvalue weighted by atomic mass is 9.85. The summed E-state index contributed by atoms with van der Waals surface area (Å²) in [7, 11) is 0. The lowest BCUT2D eigenvalue weighted by Gasteiger charge is -2.29. The highest BCUT2D eigenvalue weighted by molar-refractivity contribution is 7.99. The second-order valence-corrected chi connectivity index (χ2v) is 10.1. The first-order valence-corrected chi connectivity index (χ1v) is 12.5. The van der Waals surface area contributed by atoms with Gasteiger partial charge >= 0.3 is 5.97 Å². The molecule has 1 fully saturated rings. The molecule has 3 rings (SSSR count). The van der Waals surface area contributed by atoms with Crippen LogP contribution in [0.25, 0.3) is 11.1 Å². The molecular weight excluding hydrogens is 409 g/mol. The predicted molar refractivity (Wildman–Crippen MR) is 128 cm³/mol. The van der Waals surface area contributed by atoms with Crippen LogP contribution in [0.2, 0.25) is 0 Å². The van der Waals surface area contributed by atoms with Gasteiger partial charge in [-0.05, 0) is 60.8 Å². The number of rotatable bonds is 9. The lowest BCUT2D eigenvalue weighted by molar-refractivity contribution is 0.0697. The SMILES string of the molecule is CCSC(NC(C)CC1CCCCC1)c1cc(-c2ccccc2C)c(C(=O)O)cc1F. The first-order valence-electron chi connectivity index (χ1n) is 11.4. The molecule has 0 heterocycles. The van der Waals surface area contributed by atoms with Crippen LogP contribution < -0.4 is 5.32 Å². The summed E-state index contributed by atoms with van der Waals surface area (Å²) < 4.78 is 15.2. The molecule has 168 valence electrons. The average molecular weight is 444 g/mol. The van der Waals surface area contributed by atoms with Crippen LogP contribution in [0, 0.1) is 18.7 Å². The molecule has 0 bridgehead atoms. The maximum Gasteiger partial charge on any atom is 0.336 e.